The lowest BCUT2D eigenvalue weighted by atomic mass is 10.4. The SMILES string of the molecule is COCCCNCc1ncccn1. The minimum Gasteiger partial charge on any atom is -0.385 e. The lowest BCUT2D eigenvalue weighted by molar-refractivity contribution is 0.194. The Hall–Kier alpha value is -1.00. The van der Waals surface area contributed by atoms with Crippen molar-refractivity contribution in [2.45, 2.75) is 13.0 Å². The fraction of sp³-hybridized carbons (Fsp3) is 0.556. The van der Waals surface area contributed by atoms with Gasteiger partial charge in [-0.15, -0.1) is 0 Å². The highest BCUT2D eigenvalue weighted by Crippen LogP contribution is 1.86. The van der Waals surface area contributed by atoms with Crippen LogP contribution in [0.5, 0.6) is 0 Å². The predicted molar refractivity (Wildman–Crippen MR) is 50.2 cm³/mol. The first kappa shape index (κ1) is 10.1. The second-order valence-corrected chi connectivity index (χ2v) is 2.69. The van der Waals surface area contributed by atoms with Crippen molar-refractivity contribution in [1.29, 1.82) is 0 Å². The van der Waals surface area contributed by atoms with Crippen LogP contribution in [0.15, 0.2) is 18.5 Å². The molecule has 0 aromatic carbocycles. The molecule has 0 aliphatic heterocycles. The number of hydrogen-bond donors (Lipinski definition) is 1. The highest BCUT2D eigenvalue weighted by atomic mass is 16.5. The van der Waals surface area contributed by atoms with E-state index in [1.165, 1.54) is 0 Å². The van der Waals surface area contributed by atoms with Crippen molar-refractivity contribution in [3.8, 4) is 0 Å². The van der Waals surface area contributed by atoms with E-state index in [0.29, 0.717) is 0 Å². The normalized spacial score (nSPS) is 10.2. The molecular formula is C9H15N3O. The number of nitrogens with zero attached hydrogens (tertiary/aromatic N) is 2. The van der Waals surface area contributed by atoms with Gasteiger partial charge in [-0.05, 0) is 19.0 Å². The van der Waals surface area contributed by atoms with Gasteiger partial charge in [-0.3, -0.25) is 0 Å². The maximum Gasteiger partial charge on any atom is 0.141 e. The Morgan fingerprint density at radius 1 is 1.38 bits per heavy atom. The molecule has 0 unspecified atom stereocenters. The molecule has 1 aromatic heterocycles. The van der Waals surface area contributed by atoms with E-state index in [9.17, 15) is 0 Å². The molecule has 72 valence electrons. The summed E-state index contributed by atoms with van der Waals surface area (Å²) in [4.78, 5) is 8.18. The van der Waals surface area contributed by atoms with Crippen LogP contribution < -0.4 is 5.32 Å². The lowest BCUT2D eigenvalue weighted by Gasteiger charge is -2.02. The van der Waals surface area contributed by atoms with Crippen LogP contribution in [0.1, 0.15) is 12.2 Å². The first-order valence-electron chi connectivity index (χ1n) is 4.39. The zero-order chi connectivity index (χ0) is 9.36. The molecule has 0 bridgehead atoms. The van der Waals surface area contributed by atoms with Gasteiger partial charge in [-0.25, -0.2) is 9.97 Å². The minimum absolute atomic E-state index is 0.727. The highest BCUT2D eigenvalue weighted by molar-refractivity contribution is 4.87. The molecule has 1 heterocycles. The molecule has 0 saturated heterocycles. The van der Waals surface area contributed by atoms with E-state index in [-0.39, 0.29) is 0 Å². The van der Waals surface area contributed by atoms with Crippen LogP contribution in [-0.2, 0) is 11.3 Å². The van der Waals surface area contributed by atoms with Gasteiger partial charge in [0, 0.05) is 26.1 Å². The van der Waals surface area contributed by atoms with Gasteiger partial charge in [0.2, 0.25) is 0 Å². The number of methoxy groups -OCH3 is 1. The largest absolute Gasteiger partial charge is 0.385 e. The number of hydrogen-bond acceptors (Lipinski definition) is 4. The van der Waals surface area contributed by atoms with Gasteiger partial charge in [0.05, 0.1) is 6.54 Å². The molecule has 0 radical (unpaired) electrons. The highest BCUT2D eigenvalue weighted by Gasteiger charge is 1.92. The molecule has 0 aliphatic carbocycles. The van der Waals surface area contributed by atoms with Gasteiger partial charge in [-0.2, -0.15) is 0 Å². The molecule has 0 aliphatic rings. The van der Waals surface area contributed by atoms with Crippen LogP contribution in [0.2, 0.25) is 0 Å². The molecule has 4 nitrogen and oxygen atoms in total. The van der Waals surface area contributed by atoms with Gasteiger partial charge in [0.15, 0.2) is 0 Å². The predicted octanol–water partition coefficient (Wildman–Crippen LogP) is 0.603. The third-order valence-corrected chi connectivity index (χ3v) is 1.60. The fourth-order valence-electron chi connectivity index (χ4n) is 0.963. The van der Waals surface area contributed by atoms with Crippen LogP contribution in [-0.4, -0.2) is 30.2 Å². The fourth-order valence-corrected chi connectivity index (χ4v) is 0.963. The van der Waals surface area contributed by atoms with E-state index in [2.05, 4.69) is 15.3 Å². The Morgan fingerprint density at radius 3 is 2.85 bits per heavy atom. The van der Waals surface area contributed by atoms with Gasteiger partial charge in [0.1, 0.15) is 5.82 Å². The third kappa shape index (κ3) is 4.55. The molecule has 1 rings (SSSR count). The Balaban J connectivity index is 2.07. The Bertz CT molecular complexity index is 215. The molecule has 0 saturated carbocycles. The molecule has 0 spiro atoms. The van der Waals surface area contributed by atoms with Gasteiger partial charge in [-0.1, -0.05) is 0 Å². The first-order chi connectivity index (χ1) is 6.43. The molecule has 0 atom stereocenters. The summed E-state index contributed by atoms with van der Waals surface area (Å²) >= 11 is 0. The molecule has 0 fully saturated rings. The molecule has 1 aromatic rings. The summed E-state index contributed by atoms with van der Waals surface area (Å²) in [6, 6.07) is 1.81. The van der Waals surface area contributed by atoms with E-state index >= 15 is 0 Å². The Kier molecular flexibility index (Phi) is 5.05. The molecular weight excluding hydrogens is 166 g/mol. The number of nitrogens with one attached hydrogen (secondary N) is 1. The Labute approximate surface area is 78.4 Å². The van der Waals surface area contributed by atoms with Crippen LogP contribution in [0, 0.1) is 0 Å². The zero-order valence-corrected chi connectivity index (χ0v) is 7.86. The van der Waals surface area contributed by atoms with Crippen LogP contribution in [0.25, 0.3) is 0 Å². The number of aromatic nitrogens is 2. The second kappa shape index (κ2) is 6.51. The Morgan fingerprint density at radius 2 is 2.15 bits per heavy atom. The van der Waals surface area contributed by atoms with Gasteiger partial charge in [0.25, 0.3) is 0 Å². The summed E-state index contributed by atoms with van der Waals surface area (Å²) in [5, 5.41) is 3.23. The monoisotopic (exact) mass is 181 g/mol. The van der Waals surface area contributed by atoms with Crippen molar-refractivity contribution < 1.29 is 4.74 Å². The van der Waals surface area contributed by atoms with Crippen LogP contribution in [0.4, 0.5) is 0 Å². The quantitative estimate of drug-likeness (QED) is 0.653. The van der Waals surface area contributed by atoms with Crippen LogP contribution in [0.3, 0.4) is 0 Å². The van der Waals surface area contributed by atoms with E-state index in [1.807, 2.05) is 6.07 Å². The van der Waals surface area contributed by atoms with E-state index in [4.69, 9.17) is 4.74 Å². The van der Waals surface area contributed by atoms with Crippen molar-refractivity contribution in [3.63, 3.8) is 0 Å². The molecule has 0 amide bonds. The van der Waals surface area contributed by atoms with Crippen molar-refractivity contribution in [3.05, 3.63) is 24.3 Å². The number of ether oxygens (including phenoxy) is 1. The maximum absolute atomic E-state index is 4.92. The average Bonchev–Trinajstić information content (AvgIpc) is 2.19. The maximum atomic E-state index is 4.92. The second-order valence-electron chi connectivity index (χ2n) is 2.69. The molecule has 1 N–H and O–H groups in total. The summed E-state index contributed by atoms with van der Waals surface area (Å²) in [6.07, 6.45) is 4.52. The van der Waals surface area contributed by atoms with Gasteiger partial charge >= 0.3 is 0 Å². The molecule has 4 heteroatoms. The molecule has 13 heavy (non-hydrogen) atoms. The van der Waals surface area contributed by atoms with Crippen LogP contribution >= 0.6 is 0 Å². The van der Waals surface area contributed by atoms with E-state index in [1.54, 1.807) is 19.5 Å². The standard InChI is InChI=1S/C9H15N3O/c1-13-7-3-4-10-8-9-11-5-2-6-12-9/h2,5-6,10H,3-4,7-8H2,1H3. The summed E-state index contributed by atoms with van der Waals surface area (Å²) in [7, 11) is 1.71. The average molecular weight is 181 g/mol. The van der Waals surface area contributed by atoms with Gasteiger partial charge < -0.3 is 10.1 Å². The van der Waals surface area contributed by atoms with E-state index in [0.717, 1.165) is 31.9 Å². The third-order valence-electron chi connectivity index (χ3n) is 1.60. The summed E-state index contributed by atoms with van der Waals surface area (Å²) in [5.41, 5.74) is 0. The minimum atomic E-state index is 0.727. The van der Waals surface area contributed by atoms with Crippen molar-refractivity contribution in [2.24, 2.45) is 0 Å². The smallest absolute Gasteiger partial charge is 0.141 e. The first-order valence-corrected chi connectivity index (χ1v) is 4.39. The summed E-state index contributed by atoms with van der Waals surface area (Å²) in [5.74, 6) is 0.833. The summed E-state index contributed by atoms with van der Waals surface area (Å²) < 4.78 is 4.92. The summed E-state index contributed by atoms with van der Waals surface area (Å²) in [6.45, 7) is 2.46. The van der Waals surface area contributed by atoms with E-state index < -0.39 is 0 Å². The topological polar surface area (TPSA) is 47.0 Å². The van der Waals surface area contributed by atoms with Crippen molar-refractivity contribution in [2.75, 3.05) is 20.3 Å². The number of rotatable bonds is 6. The zero-order valence-electron chi connectivity index (χ0n) is 7.86. The lowest BCUT2D eigenvalue weighted by Crippen LogP contribution is -2.17. The van der Waals surface area contributed by atoms with Crippen molar-refractivity contribution >= 4 is 0 Å². The van der Waals surface area contributed by atoms with Crippen molar-refractivity contribution in [1.82, 2.24) is 15.3 Å².